The number of benzene rings is 1. The van der Waals surface area contributed by atoms with Crippen molar-refractivity contribution >= 4 is 38.7 Å². The maximum absolute atomic E-state index is 6.11. The van der Waals surface area contributed by atoms with Crippen molar-refractivity contribution in [2.75, 3.05) is 0 Å². The Bertz CT molecular complexity index is 819. The molecule has 6 heteroatoms. The van der Waals surface area contributed by atoms with Crippen LogP contribution >= 0.6 is 27.5 Å². The van der Waals surface area contributed by atoms with Crippen LogP contribution < -0.4 is 0 Å². The third-order valence-electron chi connectivity index (χ3n) is 3.57. The summed E-state index contributed by atoms with van der Waals surface area (Å²) in [6, 6.07) is 6.26. The lowest BCUT2D eigenvalue weighted by Gasteiger charge is -2.11. The molecule has 0 aliphatic rings. The highest BCUT2D eigenvalue weighted by molar-refractivity contribution is 9.10. The van der Waals surface area contributed by atoms with Gasteiger partial charge in [0.1, 0.15) is 11.3 Å². The number of fused-ring (bicyclic) bond motifs is 1. The van der Waals surface area contributed by atoms with Crippen LogP contribution in [0, 0.1) is 6.92 Å². The zero-order valence-electron chi connectivity index (χ0n) is 12.2. The number of aryl methyl sites for hydroxylation is 3. The first kappa shape index (κ1) is 14.6. The van der Waals surface area contributed by atoms with Gasteiger partial charge in [-0.15, -0.1) is 11.6 Å². The van der Waals surface area contributed by atoms with Gasteiger partial charge >= 0.3 is 0 Å². The summed E-state index contributed by atoms with van der Waals surface area (Å²) < 4.78 is 4.98. The number of imidazole rings is 1. The first-order valence-electron chi connectivity index (χ1n) is 6.82. The Morgan fingerprint density at radius 3 is 2.71 bits per heavy atom. The average Bonchev–Trinajstić information content (AvgIpc) is 2.97. The van der Waals surface area contributed by atoms with E-state index in [1.807, 2.05) is 11.7 Å². The van der Waals surface area contributed by atoms with E-state index in [-0.39, 0.29) is 0 Å². The fraction of sp³-hybridized carbons (Fsp3) is 0.333. The van der Waals surface area contributed by atoms with E-state index in [0.29, 0.717) is 5.88 Å². The molecular weight excluding hydrogens is 352 g/mol. The van der Waals surface area contributed by atoms with Gasteiger partial charge in [0.05, 0.1) is 17.3 Å². The van der Waals surface area contributed by atoms with E-state index in [2.05, 4.69) is 62.6 Å². The van der Waals surface area contributed by atoms with Gasteiger partial charge in [-0.25, -0.2) is 9.67 Å². The molecule has 4 nitrogen and oxygen atoms in total. The van der Waals surface area contributed by atoms with Gasteiger partial charge in [0.15, 0.2) is 5.65 Å². The fourth-order valence-corrected chi connectivity index (χ4v) is 3.45. The van der Waals surface area contributed by atoms with E-state index in [9.17, 15) is 0 Å². The van der Waals surface area contributed by atoms with Crippen LogP contribution in [0.4, 0.5) is 0 Å². The fourth-order valence-electron chi connectivity index (χ4n) is 2.60. The molecule has 0 fully saturated rings. The highest BCUT2D eigenvalue weighted by Gasteiger charge is 2.20. The van der Waals surface area contributed by atoms with Crippen molar-refractivity contribution in [3.8, 4) is 5.69 Å². The smallest absolute Gasteiger partial charge is 0.163 e. The third kappa shape index (κ3) is 2.28. The minimum atomic E-state index is 0.359. The van der Waals surface area contributed by atoms with Crippen LogP contribution in [-0.4, -0.2) is 19.3 Å². The number of hydrogen-bond donors (Lipinski definition) is 0. The van der Waals surface area contributed by atoms with Gasteiger partial charge in [0.25, 0.3) is 0 Å². The van der Waals surface area contributed by atoms with Gasteiger partial charge in [0.2, 0.25) is 0 Å². The molecule has 0 aliphatic heterocycles. The van der Waals surface area contributed by atoms with Crippen LogP contribution in [0.3, 0.4) is 0 Å². The van der Waals surface area contributed by atoms with Gasteiger partial charge in [-0.3, -0.25) is 4.57 Å². The third-order valence-corrected chi connectivity index (χ3v) is 4.45. The monoisotopic (exact) mass is 366 g/mol. The molecule has 0 radical (unpaired) electrons. The molecule has 3 rings (SSSR count). The van der Waals surface area contributed by atoms with Crippen molar-refractivity contribution in [3.63, 3.8) is 0 Å². The molecule has 0 bridgehead atoms. The van der Waals surface area contributed by atoms with Gasteiger partial charge in [-0.2, -0.15) is 5.10 Å². The van der Waals surface area contributed by atoms with Crippen LogP contribution in [0.25, 0.3) is 16.9 Å². The Kier molecular flexibility index (Phi) is 3.80. The van der Waals surface area contributed by atoms with Crippen molar-refractivity contribution < 1.29 is 0 Å². The normalized spacial score (nSPS) is 11.5. The number of alkyl halides is 1. The largest absolute Gasteiger partial charge is 0.279 e. The van der Waals surface area contributed by atoms with Crippen molar-refractivity contribution in [1.82, 2.24) is 19.3 Å². The minimum Gasteiger partial charge on any atom is -0.279 e. The second-order valence-corrected chi connectivity index (χ2v) is 6.17. The number of rotatable bonds is 3. The molecule has 0 saturated carbocycles. The zero-order chi connectivity index (χ0) is 15.1. The van der Waals surface area contributed by atoms with Crippen LogP contribution in [0.5, 0.6) is 0 Å². The Hall–Kier alpha value is -1.33. The second-order valence-electron chi connectivity index (χ2n) is 5.05. The van der Waals surface area contributed by atoms with Crippen LogP contribution in [-0.2, 0) is 19.3 Å². The SMILES string of the molecule is CCc1nn(C)c2c1nc(CCl)n2-c1ccc(C)cc1Br. The summed E-state index contributed by atoms with van der Waals surface area (Å²) >= 11 is 9.76. The average molecular weight is 368 g/mol. The second kappa shape index (κ2) is 5.46. The molecule has 0 atom stereocenters. The molecule has 0 saturated heterocycles. The lowest BCUT2D eigenvalue weighted by Crippen LogP contribution is -2.05. The number of nitrogens with zero attached hydrogens (tertiary/aromatic N) is 4. The van der Waals surface area contributed by atoms with E-state index in [1.165, 1.54) is 5.56 Å². The maximum Gasteiger partial charge on any atom is 0.163 e. The zero-order valence-corrected chi connectivity index (χ0v) is 14.5. The predicted molar refractivity (Wildman–Crippen MR) is 89.2 cm³/mol. The van der Waals surface area contributed by atoms with Crippen molar-refractivity contribution in [1.29, 1.82) is 0 Å². The Morgan fingerprint density at radius 1 is 1.33 bits per heavy atom. The maximum atomic E-state index is 6.11. The lowest BCUT2D eigenvalue weighted by atomic mass is 10.2. The lowest BCUT2D eigenvalue weighted by molar-refractivity contribution is 0.744. The molecule has 21 heavy (non-hydrogen) atoms. The van der Waals surface area contributed by atoms with Crippen molar-refractivity contribution in [3.05, 3.63) is 39.8 Å². The summed E-state index contributed by atoms with van der Waals surface area (Å²) in [6.07, 6.45) is 0.852. The summed E-state index contributed by atoms with van der Waals surface area (Å²) in [5.74, 6) is 1.19. The number of aromatic nitrogens is 4. The quantitative estimate of drug-likeness (QED) is 0.652. The van der Waals surface area contributed by atoms with Gasteiger partial charge in [-0.05, 0) is 47.0 Å². The molecule has 0 N–H and O–H groups in total. The predicted octanol–water partition coefficient (Wildman–Crippen LogP) is 4.13. The summed E-state index contributed by atoms with van der Waals surface area (Å²) in [7, 11) is 1.94. The number of hydrogen-bond acceptors (Lipinski definition) is 2. The topological polar surface area (TPSA) is 35.6 Å². The highest BCUT2D eigenvalue weighted by Crippen LogP contribution is 2.29. The van der Waals surface area contributed by atoms with Crippen molar-refractivity contribution in [2.24, 2.45) is 7.05 Å². The summed E-state index contributed by atoms with van der Waals surface area (Å²) in [5.41, 5.74) is 5.15. The van der Waals surface area contributed by atoms with Crippen LogP contribution in [0.1, 0.15) is 24.0 Å². The number of halogens is 2. The first-order chi connectivity index (χ1) is 10.1. The van der Waals surface area contributed by atoms with Gasteiger partial charge in [-0.1, -0.05) is 13.0 Å². The highest BCUT2D eigenvalue weighted by atomic mass is 79.9. The molecule has 110 valence electrons. The molecule has 0 aliphatic carbocycles. The summed E-state index contributed by atoms with van der Waals surface area (Å²) in [4.78, 5) is 4.69. The van der Waals surface area contributed by atoms with Crippen molar-refractivity contribution in [2.45, 2.75) is 26.1 Å². The van der Waals surface area contributed by atoms with E-state index >= 15 is 0 Å². The standard InChI is InChI=1S/C15H16BrClN4/c1-4-11-14-15(20(3)19-11)21(13(8-17)18-14)12-6-5-9(2)7-10(12)16/h5-7H,4,8H2,1-3H3. The van der Waals surface area contributed by atoms with E-state index in [4.69, 9.17) is 11.6 Å². The van der Waals surface area contributed by atoms with Gasteiger partial charge in [0, 0.05) is 11.5 Å². The van der Waals surface area contributed by atoms with E-state index in [1.54, 1.807) is 0 Å². The van der Waals surface area contributed by atoms with Crippen LogP contribution in [0.2, 0.25) is 0 Å². The molecular formula is C15H16BrClN4. The summed E-state index contributed by atoms with van der Waals surface area (Å²) in [6.45, 7) is 4.16. The molecule has 0 amide bonds. The molecule has 0 unspecified atom stereocenters. The summed E-state index contributed by atoms with van der Waals surface area (Å²) in [5, 5.41) is 4.55. The Labute approximate surface area is 136 Å². The molecule has 2 heterocycles. The molecule has 2 aromatic heterocycles. The first-order valence-corrected chi connectivity index (χ1v) is 8.15. The Balaban J connectivity index is 2.37. The van der Waals surface area contributed by atoms with E-state index < -0.39 is 0 Å². The molecule has 3 aromatic rings. The minimum absolute atomic E-state index is 0.359. The van der Waals surface area contributed by atoms with E-state index in [0.717, 1.165) is 39.3 Å². The molecule has 0 spiro atoms. The van der Waals surface area contributed by atoms with Gasteiger partial charge < -0.3 is 0 Å². The Morgan fingerprint density at radius 2 is 2.10 bits per heavy atom. The molecule has 1 aromatic carbocycles. The van der Waals surface area contributed by atoms with Crippen LogP contribution in [0.15, 0.2) is 22.7 Å².